The molecule has 2 aliphatic rings. The molecule has 4 heterocycles. The molecule has 2 aromatic heterocycles. The normalized spacial score (nSPS) is 17.8. The molecule has 1 atom stereocenters. The summed E-state index contributed by atoms with van der Waals surface area (Å²) in [6.07, 6.45) is 4.39. The van der Waals surface area contributed by atoms with E-state index in [4.69, 9.17) is 9.72 Å². The smallest absolute Gasteiger partial charge is 0.253 e. The van der Waals surface area contributed by atoms with Crippen molar-refractivity contribution in [2.75, 3.05) is 45.2 Å². The Bertz CT molecular complexity index is 1540. The van der Waals surface area contributed by atoms with Gasteiger partial charge in [-0.25, -0.2) is 15.0 Å². The lowest BCUT2D eigenvalue weighted by Crippen LogP contribution is -2.52. The van der Waals surface area contributed by atoms with Crippen LogP contribution in [0.4, 0.5) is 5.82 Å². The molecule has 0 unspecified atom stereocenters. The van der Waals surface area contributed by atoms with Gasteiger partial charge in [0.1, 0.15) is 12.1 Å². The number of carbonyl (C=O) groups is 1. The number of rotatable bonds is 4. The van der Waals surface area contributed by atoms with Crippen LogP contribution in [0, 0.1) is 6.92 Å². The Kier molecular flexibility index (Phi) is 6.64. The summed E-state index contributed by atoms with van der Waals surface area (Å²) in [7, 11) is 3.74. The van der Waals surface area contributed by atoms with Crippen LogP contribution in [-0.2, 0) is 13.0 Å². The van der Waals surface area contributed by atoms with E-state index in [-0.39, 0.29) is 5.91 Å². The summed E-state index contributed by atoms with van der Waals surface area (Å²) < 4.78 is 5.23. The SMILES string of the molecule is COc1ccc(-c2cc(C)c3ncnc(N4CCc5ccc(C(=O)N6CCN(C)[C@@H](C)C6)cc5C4)c3c2)cn1. The number of aromatic nitrogens is 3. The van der Waals surface area contributed by atoms with Gasteiger partial charge in [-0.05, 0) is 79.9 Å². The standard InChI is InChI=1S/C31H34N6O2/c1-20-13-25(24-7-8-28(39-4)32-16-24)15-27-29(20)33-19-34-30(27)36-10-9-22-5-6-23(14-26(22)18-36)31(38)37-12-11-35(3)21(2)17-37/h5-8,13-16,19,21H,9-12,17-18H2,1-4H3/t21-/m0/s1. The van der Waals surface area contributed by atoms with Crippen molar-refractivity contribution >= 4 is 22.6 Å². The molecule has 0 spiro atoms. The molecule has 1 amide bonds. The number of anilines is 1. The Morgan fingerprint density at radius 1 is 0.974 bits per heavy atom. The number of likely N-dealkylation sites (N-methyl/N-ethyl adjacent to an activating group) is 1. The summed E-state index contributed by atoms with van der Waals surface area (Å²) in [5, 5.41) is 1.02. The van der Waals surface area contributed by atoms with E-state index in [1.54, 1.807) is 13.4 Å². The van der Waals surface area contributed by atoms with E-state index in [0.29, 0.717) is 18.5 Å². The molecule has 2 aliphatic heterocycles. The van der Waals surface area contributed by atoms with Gasteiger partial charge >= 0.3 is 0 Å². The molecule has 0 N–H and O–H groups in total. The van der Waals surface area contributed by atoms with Crippen LogP contribution in [0.1, 0.15) is 34.0 Å². The summed E-state index contributed by atoms with van der Waals surface area (Å²) in [5.74, 6) is 1.63. The summed E-state index contributed by atoms with van der Waals surface area (Å²) in [6.45, 7) is 8.25. The second-order valence-electron chi connectivity index (χ2n) is 10.7. The number of hydrogen-bond acceptors (Lipinski definition) is 7. The summed E-state index contributed by atoms with van der Waals surface area (Å²) in [4.78, 5) is 33.7. The van der Waals surface area contributed by atoms with E-state index in [2.05, 4.69) is 64.9 Å². The summed E-state index contributed by atoms with van der Waals surface area (Å²) >= 11 is 0. The van der Waals surface area contributed by atoms with Crippen LogP contribution in [-0.4, -0.2) is 77.0 Å². The highest BCUT2D eigenvalue weighted by atomic mass is 16.5. The van der Waals surface area contributed by atoms with Gasteiger partial charge in [0.25, 0.3) is 5.91 Å². The molecule has 39 heavy (non-hydrogen) atoms. The van der Waals surface area contributed by atoms with Crippen molar-refractivity contribution in [2.24, 2.45) is 0 Å². The number of ether oxygens (including phenoxy) is 1. The Labute approximate surface area is 229 Å². The molecule has 0 saturated carbocycles. The second-order valence-corrected chi connectivity index (χ2v) is 10.7. The number of nitrogens with zero attached hydrogens (tertiary/aromatic N) is 6. The number of piperazine rings is 1. The highest BCUT2D eigenvalue weighted by molar-refractivity contribution is 5.96. The maximum Gasteiger partial charge on any atom is 0.253 e. The number of carbonyl (C=O) groups excluding carboxylic acids is 1. The van der Waals surface area contributed by atoms with Crippen molar-refractivity contribution in [1.82, 2.24) is 24.8 Å². The molecule has 0 bridgehead atoms. The van der Waals surface area contributed by atoms with Gasteiger partial charge in [-0.1, -0.05) is 6.07 Å². The molecular formula is C31H34N6O2. The zero-order valence-corrected chi connectivity index (χ0v) is 23.0. The van der Waals surface area contributed by atoms with Crippen LogP contribution >= 0.6 is 0 Å². The van der Waals surface area contributed by atoms with Gasteiger partial charge in [0, 0.05) is 67.5 Å². The number of methoxy groups -OCH3 is 1. The summed E-state index contributed by atoms with van der Waals surface area (Å²) in [5.41, 5.74) is 7.38. The first-order chi connectivity index (χ1) is 18.9. The molecular weight excluding hydrogens is 488 g/mol. The molecule has 8 nitrogen and oxygen atoms in total. The number of benzene rings is 2. The fraction of sp³-hybridized carbons (Fsp3) is 0.355. The monoisotopic (exact) mass is 522 g/mol. The molecule has 2 aromatic carbocycles. The molecule has 8 heteroatoms. The lowest BCUT2D eigenvalue weighted by atomic mass is 9.96. The fourth-order valence-electron chi connectivity index (χ4n) is 5.71. The zero-order valence-electron chi connectivity index (χ0n) is 23.0. The topological polar surface area (TPSA) is 74.7 Å². The van der Waals surface area contributed by atoms with E-state index in [1.165, 1.54) is 11.1 Å². The van der Waals surface area contributed by atoms with Gasteiger partial charge in [-0.2, -0.15) is 0 Å². The molecule has 1 fully saturated rings. The van der Waals surface area contributed by atoms with Gasteiger partial charge in [0.05, 0.1) is 12.6 Å². The predicted octanol–water partition coefficient (Wildman–Crippen LogP) is 4.35. The number of aryl methyl sites for hydroxylation is 1. The van der Waals surface area contributed by atoms with Crippen molar-refractivity contribution in [1.29, 1.82) is 0 Å². The lowest BCUT2D eigenvalue weighted by Gasteiger charge is -2.38. The average molecular weight is 523 g/mol. The quantitative estimate of drug-likeness (QED) is 0.395. The minimum atomic E-state index is 0.121. The van der Waals surface area contributed by atoms with Crippen LogP contribution in [0.3, 0.4) is 0 Å². The summed E-state index contributed by atoms with van der Waals surface area (Å²) in [6, 6.07) is 14.8. The Morgan fingerprint density at radius 3 is 2.62 bits per heavy atom. The van der Waals surface area contributed by atoms with E-state index in [1.807, 2.05) is 29.3 Å². The Balaban J connectivity index is 1.31. The number of amides is 1. The van der Waals surface area contributed by atoms with Crippen molar-refractivity contribution in [3.05, 3.63) is 77.2 Å². The van der Waals surface area contributed by atoms with Gasteiger partial charge in [0.2, 0.25) is 5.88 Å². The number of hydrogen-bond donors (Lipinski definition) is 0. The van der Waals surface area contributed by atoms with E-state index < -0.39 is 0 Å². The van der Waals surface area contributed by atoms with Crippen LogP contribution in [0.15, 0.2) is 55.0 Å². The largest absolute Gasteiger partial charge is 0.481 e. The highest BCUT2D eigenvalue weighted by Crippen LogP contribution is 2.33. The maximum absolute atomic E-state index is 13.4. The lowest BCUT2D eigenvalue weighted by molar-refractivity contribution is 0.0572. The molecule has 1 saturated heterocycles. The minimum absolute atomic E-state index is 0.121. The molecule has 200 valence electrons. The third-order valence-corrected chi connectivity index (χ3v) is 8.20. The van der Waals surface area contributed by atoms with Crippen molar-refractivity contribution in [3.8, 4) is 17.0 Å². The number of pyridine rings is 1. The average Bonchev–Trinajstić information content (AvgIpc) is 2.97. The molecule has 4 aromatic rings. The van der Waals surface area contributed by atoms with Crippen LogP contribution in [0.5, 0.6) is 5.88 Å². The molecule has 0 aliphatic carbocycles. The van der Waals surface area contributed by atoms with Crippen molar-refractivity contribution in [2.45, 2.75) is 32.9 Å². The van der Waals surface area contributed by atoms with Gasteiger partial charge in [-0.15, -0.1) is 0 Å². The van der Waals surface area contributed by atoms with E-state index in [0.717, 1.165) is 71.6 Å². The molecule has 0 radical (unpaired) electrons. The third-order valence-electron chi connectivity index (χ3n) is 8.20. The first-order valence-corrected chi connectivity index (χ1v) is 13.5. The fourth-order valence-corrected chi connectivity index (χ4v) is 5.71. The van der Waals surface area contributed by atoms with Crippen molar-refractivity contribution < 1.29 is 9.53 Å². The van der Waals surface area contributed by atoms with Crippen LogP contribution < -0.4 is 9.64 Å². The van der Waals surface area contributed by atoms with Crippen LogP contribution in [0.2, 0.25) is 0 Å². The first-order valence-electron chi connectivity index (χ1n) is 13.5. The first kappa shape index (κ1) is 25.2. The third kappa shape index (κ3) is 4.81. The minimum Gasteiger partial charge on any atom is -0.481 e. The van der Waals surface area contributed by atoms with Crippen molar-refractivity contribution in [3.63, 3.8) is 0 Å². The van der Waals surface area contributed by atoms with Gasteiger partial charge in [0.15, 0.2) is 0 Å². The van der Waals surface area contributed by atoms with Gasteiger partial charge < -0.3 is 19.4 Å². The predicted molar refractivity (Wildman–Crippen MR) is 153 cm³/mol. The maximum atomic E-state index is 13.4. The zero-order chi connectivity index (χ0) is 27.1. The van der Waals surface area contributed by atoms with Gasteiger partial charge in [-0.3, -0.25) is 4.79 Å². The molecule has 6 rings (SSSR count). The highest BCUT2D eigenvalue weighted by Gasteiger charge is 2.27. The van der Waals surface area contributed by atoms with E-state index in [9.17, 15) is 4.79 Å². The Morgan fingerprint density at radius 2 is 1.85 bits per heavy atom. The Hall–Kier alpha value is -4.04. The second kappa shape index (κ2) is 10.3. The van der Waals surface area contributed by atoms with E-state index >= 15 is 0 Å². The van der Waals surface area contributed by atoms with Crippen LogP contribution in [0.25, 0.3) is 22.0 Å². The number of fused-ring (bicyclic) bond motifs is 2.